The molecule has 0 atom stereocenters. The molecule has 0 aliphatic rings. The second-order valence-corrected chi connectivity index (χ2v) is 7.64. The fraction of sp³-hybridized carbons (Fsp3) is 0.0769. The number of rotatable bonds is 4. The first-order valence-corrected chi connectivity index (χ1v) is 8.87. The van der Waals surface area contributed by atoms with Crippen LogP contribution in [0, 0.1) is 5.82 Å². The maximum absolute atomic E-state index is 13.7. The fourth-order valence-electron chi connectivity index (χ4n) is 1.64. The maximum atomic E-state index is 13.7. The lowest BCUT2D eigenvalue weighted by molar-refractivity contribution is 0.597. The molecule has 0 saturated heterocycles. The molecule has 0 saturated carbocycles. The average Bonchev–Trinajstić information content (AvgIpc) is 2.37. The number of benzene rings is 2. The number of anilines is 1. The molecule has 1 N–H and O–H groups in total. The third-order valence-electron chi connectivity index (χ3n) is 2.59. The van der Waals surface area contributed by atoms with E-state index in [-0.39, 0.29) is 21.3 Å². The fourth-order valence-corrected chi connectivity index (χ4v) is 3.92. The summed E-state index contributed by atoms with van der Waals surface area (Å²) in [7, 11) is -3.84. The molecule has 3 nitrogen and oxygen atoms in total. The van der Waals surface area contributed by atoms with Gasteiger partial charge in [0.25, 0.3) is 0 Å². The van der Waals surface area contributed by atoms with Gasteiger partial charge in [0.1, 0.15) is 5.82 Å². The highest BCUT2D eigenvalue weighted by Gasteiger charge is 2.18. The molecule has 0 aliphatic heterocycles. The summed E-state index contributed by atoms with van der Waals surface area (Å²) in [6.45, 7) is 0. The summed E-state index contributed by atoms with van der Waals surface area (Å²) >= 11 is 15.0. The molecule has 0 aromatic heterocycles. The molecule has 0 spiro atoms. The number of hydrogen-bond donors (Lipinski definition) is 1. The molecular formula is C13H9BrCl2FNO2S. The van der Waals surface area contributed by atoms with Gasteiger partial charge in [-0.15, -0.1) is 0 Å². The van der Waals surface area contributed by atoms with Crippen LogP contribution in [0.25, 0.3) is 0 Å². The molecule has 112 valence electrons. The third-order valence-corrected chi connectivity index (χ3v) is 4.99. The highest BCUT2D eigenvalue weighted by Crippen LogP contribution is 2.27. The zero-order valence-electron chi connectivity index (χ0n) is 10.4. The molecule has 0 unspecified atom stereocenters. The Bertz CT molecular complexity index is 763. The van der Waals surface area contributed by atoms with Crippen LogP contribution in [0.5, 0.6) is 0 Å². The number of sulfonamides is 1. The largest absolute Gasteiger partial charge is 0.280 e. The van der Waals surface area contributed by atoms with Gasteiger partial charge in [-0.2, -0.15) is 0 Å². The Morgan fingerprint density at radius 3 is 2.33 bits per heavy atom. The summed E-state index contributed by atoms with van der Waals surface area (Å²) in [5.41, 5.74) is 0.132. The van der Waals surface area contributed by atoms with E-state index in [1.165, 1.54) is 18.2 Å². The molecule has 8 heteroatoms. The van der Waals surface area contributed by atoms with Crippen LogP contribution in [0.1, 0.15) is 5.56 Å². The summed E-state index contributed by atoms with van der Waals surface area (Å²) in [5.74, 6) is -1.13. The van der Waals surface area contributed by atoms with E-state index in [0.29, 0.717) is 4.47 Å². The van der Waals surface area contributed by atoms with Crippen LogP contribution < -0.4 is 4.72 Å². The van der Waals surface area contributed by atoms with Gasteiger partial charge in [0.15, 0.2) is 0 Å². The smallest absolute Gasteiger partial charge is 0.237 e. The first kappa shape index (κ1) is 16.5. The molecule has 0 fully saturated rings. The van der Waals surface area contributed by atoms with E-state index >= 15 is 0 Å². The molecule has 0 radical (unpaired) electrons. The zero-order chi connectivity index (χ0) is 15.6. The number of nitrogens with one attached hydrogen (secondary N) is 1. The van der Waals surface area contributed by atoms with Gasteiger partial charge in [0.2, 0.25) is 10.0 Å². The zero-order valence-corrected chi connectivity index (χ0v) is 14.3. The van der Waals surface area contributed by atoms with Gasteiger partial charge >= 0.3 is 0 Å². The van der Waals surface area contributed by atoms with Crippen molar-refractivity contribution in [3.63, 3.8) is 0 Å². The molecule has 2 rings (SSSR count). The Morgan fingerprint density at radius 1 is 1.14 bits per heavy atom. The van der Waals surface area contributed by atoms with Crippen molar-refractivity contribution in [3.05, 3.63) is 62.3 Å². The monoisotopic (exact) mass is 411 g/mol. The Kier molecular flexibility index (Phi) is 5.14. The van der Waals surface area contributed by atoms with Gasteiger partial charge in [0.05, 0.1) is 11.4 Å². The lowest BCUT2D eigenvalue weighted by Crippen LogP contribution is -2.16. The van der Waals surface area contributed by atoms with E-state index < -0.39 is 21.6 Å². The van der Waals surface area contributed by atoms with Gasteiger partial charge < -0.3 is 0 Å². The van der Waals surface area contributed by atoms with Crippen LogP contribution in [0.15, 0.2) is 40.9 Å². The molecule has 2 aromatic rings. The number of halogens is 4. The molecule has 0 bridgehead atoms. The predicted molar refractivity (Wildman–Crippen MR) is 86.8 cm³/mol. The highest BCUT2D eigenvalue weighted by atomic mass is 79.9. The van der Waals surface area contributed by atoms with Gasteiger partial charge in [-0.25, -0.2) is 12.8 Å². The molecular weight excluding hydrogens is 404 g/mol. The molecule has 2 aromatic carbocycles. The summed E-state index contributed by atoms with van der Waals surface area (Å²) in [4.78, 5) is 0. The topological polar surface area (TPSA) is 46.2 Å². The van der Waals surface area contributed by atoms with Crippen molar-refractivity contribution < 1.29 is 12.8 Å². The average molecular weight is 413 g/mol. The van der Waals surface area contributed by atoms with Crippen LogP contribution in [-0.2, 0) is 15.8 Å². The van der Waals surface area contributed by atoms with Gasteiger partial charge in [-0.1, -0.05) is 45.2 Å². The minimum atomic E-state index is -3.84. The predicted octanol–water partition coefficient (Wildman–Crippen LogP) is 4.84. The Labute approximate surface area is 140 Å². The minimum Gasteiger partial charge on any atom is -0.280 e. The van der Waals surface area contributed by atoms with E-state index in [4.69, 9.17) is 23.2 Å². The second kappa shape index (κ2) is 6.52. The van der Waals surface area contributed by atoms with Gasteiger partial charge in [-0.3, -0.25) is 4.72 Å². The van der Waals surface area contributed by atoms with E-state index in [1.807, 2.05) is 0 Å². The number of hydrogen-bond acceptors (Lipinski definition) is 2. The van der Waals surface area contributed by atoms with Crippen molar-refractivity contribution in [1.29, 1.82) is 0 Å². The van der Waals surface area contributed by atoms with Crippen LogP contribution in [0.2, 0.25) is 10.0 Å². The van der Waals surface area contributed by atoms with Crippen LogP contribution >= 0.6 is 39.1 Å². The lowest BCUT2D eigenvalue weighted by atomic mass is 10.2. The van der Waals surface area contributed by atoms with Crippen LogP contribution in [0.3, 0.4) is 0 Å². The summed E-state index contributed by atoms with van der Waals surface area (Å²) < 4.78 is 40.6. The third kappa shape index (κ3) is 4.32. The standard InChI is InChI=1S/C13H9BrCl2FNO2S/c14-8-4-5-13(12(17)6-8)18-21(19,20)7-9-10(15)2-1-3-11(9)16/h1-6,18H,7H2. The first-order chi connectivity index (χ1) is 9.78. The molecule has 21 heavy (non-hydrogen) atoms. The summed E-state index contributed by atoms with van der Waals surface area (Å²) in [5, 5.41) is 0.480. The van der Waals surface area contributed by atoms with Crippen molar-refractivity contribution >= 4 is 54.8 Å². The van der Waals surface area contributed by atoms with Crippen molar-refractivity contribution in [1.82, 2.24) is 0 Å². The van der Waals surface area contributed by atoms with Gasteiger partial charge in [0, 0.05) is 20.1 Å². The lowest BCUT2D eigenvalue weighted by Gasteiger charge is -2.11. The Hall–Kier alpha value is -0.820. The molecule has 0 heterocycles. The summed E-state index contributed by atoms with van der Waals surface area (Å²) in [6.07, 6.45) is 0. The van der Waals surface area contributed by atoms with Crippen molar-refractivity contribution in [2.45, 2.75) is 5.75 Å². The Morgan fingerprint density at radius 2 is 1.76 bits per heavy atom. The maximum Gasteiger partial charge on any atom is 0.237 e. The minimum absolute atomic E-state index is 0.138. The van der Waals surface area contributed by atoms with E-state index in [0.717, 1.165) is 0 Å². The Balaban J connectivity index is 2.27. The molecule has 0 aliphatic carbocycles. The summed E-state index contributed by atoms with van der Waals surface area (Å²) in [6, 6.07) is 8.72. The quantitative estimate of drug-likeness (QED) is 0.780. The van der Waals surface area contributed by atoms with Crippen molar-refractivity contribution in [2.24, 2.45) is 0 Å². The molecule has 0 amide bonds. The second-order valence-electron chi connectivity index (χ2n) is 4.19. The van der Waals surface area contributed by atoms with E-state index in [2.05, 4.69) is 20.7 Å². The SMILES string of the molecule is O=S(=O)(Cc1c(Cl)cccc1Cl)Nc1ccc(Br)cc1F. The van der Waals surface area contributed by atoms with Crippen molar-refractivity contribution in [3.8, 4) is 0 Å². The van der Waals surface area contributed by atoms with Crippen molar-refractivity contribution in [2.75, 3.05) is 4.72 Å². The highest BCUT2D eigenvalue weighted by molar-refractivity contribution is 9.10. The normalized spacial score (nSPS) is 11.4. The van der Waals surface area contributed by atoms with E-state index in [1.54, 1.807) is 18.2 Å². The van der Waals surface area contributed by atoms with Gasteiger partial charge in [-0.05, 0) is 30.3 Å². The van der Waals surface area contributed by atoms with Crippen LogP contribution in [-0.4, -0.2) is 8.42 Å². The van der Waals surface area contributed by atoms with E-state index in [9.17, 15) is 12.8 Å². The first-order valence-electron chi connectivity index (χ1n) is 5.67. The van der Waals surface area contributed by atoms with Crippen LogP contribution in [0.4, 0.5) is 10.1 Å².